The van der Waals surface area contributed by atoms with Crippen LogP contribution in [0.25, 0.3) is 0 Å². The lowest BCUT2D eigenvalue weighted by Gasteiger charge is -2.18. The Balaban J connectivity index is 2.37. The molecule has 134 valence electrons. The van der Waals surface area contributed by atoms with Gasteiger partial charge >= 0.3 is 0 Å². The molecule has 0 saturated heterocycles. The Morgan fingerprint density at radius 2 is 1.83 bits per heavy atom. The topological polar surface area (TPSA) is 65.5 Å². The first kappa shape index (κ1) is 20.0. The molecule has 1 unspecified atom stereocenters. The number of benzene rings is 1. The van der Waals surface area contributed by atoms with Crippen LogP contribution < -0.4 is 16.0 Å². The van der Waals surface area contributed by atoms with Crippen molar-refractivity contribution in [2.45, 2.75) is 46.6 Å². The van der Waals surface area contributed by atoms with E-state index in [9.17, 15) is 4.79 Å². The zero-order chi connectivity index (χ0) is 17.8. The summed E-state index contributed by atoms with van der Waals surface area (Å²) in [6.07, 6.45) is 2.08. The molecule has 0 aliphatic rings. The molecule has 0 radical (unpaired) electrons. The van der Waals surface area contributed by atoms with E-state index in [1.54, 1.807) is 0 Å². The smallest absolute Gasteiger partial charge is 0.222 e. The van der Waals surface area contributed by atoms with E-state index in [1.165, 1.54) is 5.56 Å². The normalized spacial score (nSPS) is 12.8. The lowest BCUT2D eigenvalue weighted by atomic mass is 10.1. The van der Waals surface area contributed by atoms with Crippen LogP contribution in [0.2, 0.25) is 0 Å². The second-order valence-electron chi connectivity index (χ2n) is 6.28. The van der Waals surface area contributed by atoms with E-state index in [1.807, 2.05) is 26.8 Å². The monoisotopic (exact) mass is 332 g/mol. The summed E-state index contributed by atoms with van der Waals surface area (Å²) in [5.74, 6) is 0.884. The molecule has 24 heavy (non-hydrogen) atoms. The molecule has 1 aromatic rings. The van der Waals surface area contributed by atoms with Gasteiger partial charge in [0.15, 0.2) is 5.96 Å². The fourth-order valence-electron chi connectivity index (χ4n) is 2.20. The summed E-state index contributed by atoms with van der Waals surface area (Å²) in [6, 6.07) is 10.8. The maximum atomic E-state index is 11.5. The van der Waals surface area contributed by atoms with Crippen LogP contribution in [-0.2, 0) is 11.2 Å². The quantitative estimate of drug-likeness (QED) is 0.369. The summed E-state index contributed by atoms with van der Waals surface area (Å²) in [4.78, 5) is 16.0. The van der Waals surface area contributed by atoms with Gasteiger partial charge in [-0.15, -0.1) is 0 Å². The van der Waals surface area contributed by atoms with Crippen molar-refractivity contribution in [2.75, 3.05) is 19.6 Å². The fraction of sp³-hybridized carbons (Fsp3) is 0.579. The van der Waals surface area contributed by atoms with Crippen LogP contribution >= 0.6 is 0 Å². The van der Waals surface area contributed by atoms with Gasteiger partial charge < -0.3 is 16.0 Å². The first-order chi connectivity index (χ1) is 11.5. The summed E-state index contributed by atoms with van der Waals surface area (Å²) >= 11 is 0. The number of nitrogens with zero attached hydrogens (tertiary/aromatic N) is 1. The summed E-state index contributed by atoms with van der Waals surface area (Å²) in [7, 11) is 0. The average Bonchev–Trinajstić information content (AvgIpc) is 2.57. The van der Waals surface area contributed by atoms with Crippen LogP contribution in [0.1, 0.15) is 39.7 Å². The molecule has 1 atom stereocenters. The molecule has 5 nitrogen and oxygen atoms in total. The van der Waals surface area contributed by atoms with Gasteiger partial charge in [0.05, 0.1) is 6.54 Å². The molecule has 0 heterocycles. The predicted octanol–water partition coefficient (Wildman–Crippen LogP) is 2.33. The molecule has 0 aliphatic heterocycles. The highest BCUT2D eigenvalue weighted by molar-refractivity contribution is 5.80. The summed E-state index contributed by atoms with van der Waals surface area (Å²) in [5.41, 5.74) is 1.35. The Labute approximate surface area is 146 Å². The molecular formula is C19H32N4O. The van der Waals surface area contributed by atoms with Crippen LogP contribution in [0.15, 0.2) is 35.3 Å². The zero-order valence-corrected chi connectivity index (χ0v) is 15.4. The van der Waals surface area contributed by atoms with Crippen molar-refractivity contribution >= 4 is 11.9 Å². The predicted molar refractivity (Wildman–Crippen MR) is 101 cm³/mol. The zero-order valence-electron chi connectivity index (χ0n) is 15.4. The van der Waals surface area contributed by atoms with E-state index in [-0.39, 0.29) is 11.8 Å². The summed E-state index contributed by atoms with van der Waals surface area (Å²) in [5, 5.41) is 9.55. The summed E-state index contributed by atoms with van der Waals surface area (Å²) < 4.78 is 0. The second-order valence-corrected chi connectivity index (χ2v) is 6.28. The molecule has 0 bridgehead atoms. The van der Waals surface area contributed by atoms with Gasteiger partial charge in [0, 0.05) is 25.0 Å². The van der Waals surface area contributed by atoms with Crippen molar-refractivity contribution in [2.24, 2.45) is 10.9 Å². The van der Waals surface area contributed by atoms with Gasteiger partial charge in [-0.05, 0) is 32.3 Å². The van der Waals surface area contributed by atoms with Crippen LogP contribution in [0.3, 0.4) is 0 Å². The molecule has 5 heteroatoms. The van der Waals surface area contributed by atoms with E-state index >= 15 is 0 Å². The number of aryl methyl sites for hydroxylation is 1. The van der Waals surface area contributed by atoms with Gasteiger partial charge in [-0.25, -0.2) is 0 Å². The maximum absolute atomic E-state index is 11.5. The molecule has 0 spiro atoms. The van der Waals surface area contributed by atoms with Crippen LogP contribution in [0, 0.1) is 5.92 Å². The number of hydrogen-bond donors (Lipinski definition) is 3. The number of hydrogen-bond acceptors (Lipinski definition) is 2. The van der Waals surface area contributed by atoms with E-state index in [2.05, 4.69) is 52.1 Å². The maximum Gasteiger partial charge on any atom is 0.222 e. The first-order valence-corrected chi connectivity index (χ1v) is 8.89. The number of carbonyl (C=O) groups excluding carboxylic acids is 1. The van der Waals surface area contributed by atoms with Crippen molar-refractivity contribution in [1.82, 2.24) is 16.0 Å². The molecule has 0 aromatic heterocycles. The molecule has 0 fully saturated rings. The third-order valence-corrected chi connectivity index (χ3v) is 3.64. The Bertz CT molecular complexity index is 499. The van der Waals surface area contributed by atoms with Gasteiger partial charge in [0.2, 0.25) is 5.91 Å². The van der Waals surface area contributed by atoms with Gasteiger partial charge in [0.25, 0.3) is 0 Å². The lowest BCUT2D eigenvalue weighted by Crippen LogP contribution is -2.43. The molecule has 1 rings (SSSR count). The SMILES string of the molecule is CCNC(=NCCNC(=O)C(C)C)NC(C)CCc1ccccc1. The highest BCUT2D eigenvalue weighted by Gasteiger charge is 2.07. The third kappa shape index (κ3) is 8.56. The van der Waals surface area contributed by atoms with Gasteiger partial charge in [-0.1, -0.05) is 44.2 Å². The van der Waals surface area contributed by atoms with Crippen molar-refractivity contribution < 1.29 is 4.79 Å². The number of aliphatic imine (C=N–C) groups is 1. The van der Waals surface area contributed by atoms with E-state index in [0.717, 1.165) is 25.3 Å². The van der Waals surface area contributed by atoms with E-state index < -0.39 is 0 Å². The largest absolute Gasteiger partial charge is 0.357 e. The van der Waals surface area contributed by atoms with E-state index in [0.29, 0.717) is 19.1 Å². The Morgan fingerprint density at radius 1 is 1.12 bits per heavy atom. The third-order valence-electron chi connectivity index (χ3n) is 3.64. The minimum absolute atomic E-state index is 0.0124. The first-order valence-electron chi connectivity index (χ1n) is 8.89. The Hall–Kier alpha value is -2.04. The number of carbonyl (C=O) groups is 1. The molecular weight excluding hydrogens is 300 g/mol. The van der Waals surface area contributed by atoms with Gasteiger partial charge in [-0.3, -0.25) is 9.79 Å². The number of nitrogens with one attached hydrogen (secondary N) is 3. The van der Waals surface area contributed by atoms with Gasteiger partial charge in [-0.2, -0.15) is 0 Å². The van der Waals surface area contributed by atoms with Crippen LogP contribution in [0.4, 0.5) is 0 Å². The number of amides is 1. The van der Waals surface area contributed by atoms with E-state index in [4.69, 9.17) is 0 Å². The average molecular weight is 332 g/mol. The second kappa shape index (κ2) is 11.5. The van der Waals surface area contributed by atoms with Crippen molar-refractivity contribution in [1.29, 1.82) is 0 Å². The molecule has 0 saturated carbocycles. The number of rotatable bonds is 9. The summed E-state index contributed by atoms with van der Waals surface area (Å²) in [6.45, 7) is 9.93. The molecule has 1 amide bonds. The molecule has 0 aliphatic carbocycles. The highest BCUT2D eigenvalue weighted by atomic mass is 16.1. The molecule has 3 N–H and O–H groups in total. The standard InChI is InChI=1S/C19H32N4O/c1-5-20-19(22-14-13-21-18(24)15(2)3)23-16(4)11-12-17-9-7-6-8-10-17/h6-10,15-16H,5,11-14H2,1-4H3,(H,21,24)(H2,20,22,23). The highest BCUT2D eigenvalue weighted by Crippen LogP contribution is 2.04. The van der Waals surface area contributed by atoms with Crippen molar-refractivity contribution in [3.8, 4) is 0 Å². The van der Waals surface area contributed by atoms with Gasteiger partial charge in [0.1, 0.15) is 0 Å². The Kier molecular flexibility index (Phi) is 9.58. The van der Waals surface area contributed by atoms with Crippen LogP contribution in [0.5, 0.6) is 0 Å². The Morgan fingerprint density at radius 3 is 2.46 bits per heavy atom. The lowest BCUT2D eigenvalue weighted by molar-refractivity contribution is -0.123. The fourth-order valence-corrected chi connectivity index (χ4v) is 2.20. The van der Waals surface area contributed by atoms with Crippen molar-refractivity contribution in [3.05, 3.63) is 35.9 Å². The van der Waals surface area contributed by atoms with Crippen LogP contribution in [-0.4, -0.2) is 37.5 Å². The van der Waals surface area contributed by atoms with Crippen molar-refractivity contribution in [3.63, 3.8) is 0 Å². The minimum Gasteiger partial charge on any atom is -0.357 e. The number of guanidine groups is 1. The molecule has 1 aromatic carbocycles. The minimum atomic E-state index is 0.0124.